The van der Waals surface area contributed by atoms with Crippen molar-refractivity contribution in [1.29, 1.82) is 0 Å². The molecule has 2 aromatic carbocycles. The standard InChI is InChI=1S/C20H20N4OS/c1-14-12-16-8-6-7-11-18(16)23(14)19(25)13-26-20-22-21-15(2)24(20)17-9-4-3-5-10-17/h3-11,14H,12-13H2,1-2H3/t14-/m0/s1. The molecular weight excluding hydrogens is 344 g/mol. The first kappa shape index (κ1) is 16.8. The summed E-state index contributed by atoms with van der Waals surface area (Å²) in [6.45, 7) is 4.02. The molecule has 0 radical (unpaired) electrons. The number of hydrogen-bond acceptors (Lipinski definition) is 4. The van der Waals surface area contributed by atoms with Crippen LogP contribution in [0, 0.1) is 6.92 Å². The summed E-state index contributed by atoms with van der Waals surface area (Å²) in [5, 5.41) is 9.18. The Kier molecular flexibility index (Phi) is 4.51. The summed E-state index contributed by atoms with van der Waals surface area (Å²) in [7, 11) is 0. The number of amides is 1. The third-order valence-corrected chi connectivity index (χ3v) is 5.52. The van der Waals surface area contributed by atoms with E-state index in [2.05, 4.69) is 23.2 Å². The van der Waals surface area contributed by atoms with Crippen LogP contribution in [0.5, 0.6) is 0 Å². The maximum absolute atomic E-state index is 12.9. The molecule has 0 unspecified atom stereocenters. The van der Waals surface area contributed by atoms with E-state index in [9.17, 15) is 4.79 Å². The van der Waals surface area contributed by atoms with Crippen molar-refractivity contribution in [2.24, 2.45) is 0 Å². The van der Waals surface area contributed by atoms with Crippen LogP contribution >= 0.6 is 11.8 Å². The highest BCUT2D eigenvalue weighted by Crippen LogP contribution is 2.33. The average molecular weight is 364 g/mol. The highest BCUT2D eigenvalue weighted by atomic mass is 32.2. The number of hydrogen-bond donors (Lipinski definition) is 0. The summed E-state index contributed by atoms with van der Waals surface area (Å²) in [4.78, 5) is 14.8. The molecule has 0 spiro atoms. The number of para-hydroxylation sites is 2. The molecule has 4 rings (SSSR count). The summed E-state index contributed by atoms with van der Waals surface area (Å²) >= 11 is 1.43. The number of fused-ring (bicyclic) bond motifs is 1. The smallest absolute Gasteiger partial charge is 0.237 e. The molecule has 6 heteroatoms. The van der Waals surface area contributed by atoms with Crippen LogP contribution in [0.15, 0.2) is 59.8 Å². The number of benzene rings is 2. The third-order valence-electron chi connectivity index (χ3n) is 4.61. The van der Waals surface area contributed by atoms with Crippen molar-refractivity contribution in [3.63, 3.8) is 0 Å². The predicted octanol–water partition coefficient (Wildman–Crippen LogP) is 3.65. The molecule has 0 bridgehead atoms. The molecule has 2 heterocycles. The lowest BCUT2D eigenvalue weighted by molar-refractivity contribution is -0.116. The summed E-state index contributed by atoms with van der Waals surface area (Å²) in [5.74, 6) is 1.25. The molecule has 0 N–H and O–H groups in total. The fourth-order valence-electron chi connectivity index (χ4n) is 3.45. The van der Waals surface area contributed by atoms with E-state index in [0.717, 1.165) is 28.8 Å². The minimum atomic E-state index is 0.104. The van der Waals surface area contributed by atoms with Gasteiger partial charge in [0.05, 0.1) is 5.75 Å². The first-order valence-electron chi connectivity index (χ1n) is 8.65. The van der Waals surface area contributed by atoms with Crippen molar-refractivity contribution in [2.75, 3.05) is 10.7 Å². The lowest BCUT2D eigenvalue weighted by Gasteiger charge is -2.22. The van der Waals surface area contributed by atoms with Crippen molar-refractivity contribution in [3.05, 3.63) is 66.0 Å². The Balaban J connectivity index is 1.53. The van der Waals surface area contributed by atoms with Gasteiger partial charge in [0.1, 0.15) is 5.82 Å². The van der Waals surface area contributed by atoms with Crippen molar-refractivity contribution in [3.8, 4) is 5.69 Å². The quantitative estimate of drug-likeness (QED) is 0.663. The van der Waals surface area contributed by atoms with Gasteiger partial charge in [-0.25, -0.2) is 0 Å². The second-order valence-electron chi connectivity index (χ2n) is 6.44. The van der Waals surface area contributed by atoms with E-state index in [1.165, 1.54) is 17.3 Å². The Morgan fingerprint density at radius 2 is 1.85 bits per heavy atom. The van der Waals surface area contributed by atoms with Crippen LogP contribution in [0.4, 0.5) is 5.69 Å². The Morgan fingerprint density at radius 3 is 2.65 bits per heavy atom. The number of rotatable bonds is 4. The van der Waals surface area contributed by atoms with E-state index in [-0.39, 0.29) is 11.9 Å². The van der Waals surface area contributed by atoms with Crippen LogP contribution in [0.2, 0.25) is 0 Å². The summed E-state index contributed by atoms with van der Waals surface area (Å²) in [6, 6.07) is 18.3. The number of carbonyl (C=O) groups is 1. The van der Waals surface area contributed by atoms with Gasteiger partial charge in [-0.15, -0.1) is 10.2 Å². The van der Waals surface area contributed by atoms with Gasteiger partial charge in [-0.2, -0.15) is 0 Å². The largest absolute Gasteiger partial charge is 0.308 e. The molecule has 0 saturated carbocycles. The van der Waals surface area contributed by atoms with Crippen LogP contribution in [0.1, 0.15) is 18.3 Å². The van der Waals surface area contributed by atoms with E-state index in [1.807, 2.05) is 64.9 Å². The van der Waals surface area contributed by atoms with Crippen LogP contribution in [0.3, 0.4) is 0 Å². The van der Waals surface area contributed by atoms with E-state index in [0.29, 0.717) is 5.75 Å². The molecule has 26 heavy (non-hydrogen) atoms. The number of thioether (sulfide) groups is 1. The zero-order valence-corrected chi connectivity index (χ0v) is 15.6. The molecule has 0 fully saturated rings. The van der Waals surface area contributed by atoms with Gasteiger partial charge in [-0.3, -0.25) is 9.36 Å². The van der Waals surface area contributed by atoms with Gasteiger partial charge < -0.3 is 4.90 Å². The maximum Gasteiger partial charge on any atom is 0.237 e. The summed E-state index contributed by atoms with van der Waals surface area (Å²) < 4.78 is 1.99. The maximum atomic E-state index is 12.9. The number of nitrogens with zero attached hydrogens (tertiary/aromatic N) is 4. The Morgan fingerprint density at radius 1 is 1.12 bits per heavy atom. The number of aryl methyl sites for hydroxylation is 1. The fraction of sp³-hybridized carbons (Fsp3) is 0.250. The van der Waals surface area contributed by atoms with Crippen molar-refractivity contribution >= 4 is 23.4 Å². The summed E-state index contributed by atoms with van der Waals surface area (Å²) in [6.07, 6.45) is 0.909. The van der Waals surface area contributed by atoms with Gasteiger partial charge in [0, 0.05) is 17.4 Å². The molecular formula is C20H20N4OS. The van der Waals surface area contributed by atoms with E-state index in [1.54, 1.807) is 0 Å². The molecule has 1 aliphatic rings. The molecule has 1 aliphatic heterocycles. The van der Waals surface area contributed by atoms with E-state index in [4.69, 9.17) is 0 Å². The van der Waals surface area contributed by atoms with Gasteiger partial charge >= 0.3 is 0 Å². The Hall–Kier alpha value is -2.60. The highest BCUT2D eigenvalue weighted by molar-refractivity contribution is 7.99. The normalized spacial score (nSPS) is 15.9. The predicted molar refractivity (Wildman–Crippen MR) is 104 cm³/mol. The van der Waals surface area contributed by atoms with Crippen molar-refractivity contribution < 1.29 is 4.79 Å². The van der Waals surface area contributed by atoms with Gasteiger partial charge in [0.25, 0.3) is 0 Å². The van der Waals surface area contributed by atoms with Gasteiger partial charge in [-0.1, -0.05) is 48.2 Å². The Labute approximate surface area is 157 Å². The number of anilines is 1. The molecule has 1 aromatic heterocycles. The second kappa shape index (κ2) is 6.96. The van der Waals surface area contributed by atoms with Crippen molar-refractivity contribution in [2.45, 2.75) is 31.5 Å². The van der Waals surface area contributed by atoms with Crippen LogP contribution in [0.25, 0.3) is 5.69 Å². The minimum Gasteiger partial charge on any atom is -0.308 e. The van der Waals surface area contributed by atoms with E-state index >= 15 is 0 Å². The number of carbonyl (C=O) groups excluding carboxylic acids is 1. The first-order chi connectivity index (χ1) is 12.6. The fourth-order valence-corrected chi connectivity index (χ4v) is 4.31. The summed E-state index contributed by atoms with van der Waals surface area (Å²) in [5.41, 5.74) is 3.28. The van der Waals surface area contributed by atoms with Gasteiger partial charge in [0.15, 0.2) is 5.16 Å². The van der Waals surface area contributed by atoms with Gasteiger partial charge in [0.2, 0.25) is 5.91 Å². The molecule has 0 saturated heterocycles. The SMILES string of the molecule is Cc1nnc(SCC(=O)N2c3ccccc3C[C@@H]2C)n1-c1ccccc1. The van der Waals surface area contributed by atoms with Crippen LogP contribution in [-0.4, -0.2) is 32.5 Å². The molecule has 0 aliphatic carbocycles. The van der Waals surface area contributed by atoms with Crippen LogP contribution in [-0.2, 0) is 11.2 Å². The molecule has 3 aromatic rings. The molecule has 132 valence electrons. The molecule has 1 atom stereocenters. The lowest BCUT2D eigenvalue weighted by Crippen LogP contribution is -2.37. The first-order valence-corrected chi connectivity index (χ1v) is 9.64. The van der Waals surface area contributed by atoms with Crippen LogP contribution < -0.4 is 4.90 Å². The monoisotopic (exact) mass is 364 g/mol. The zero-order chi connectivity index (χ0) is 18.1. The Bertz CT molecular complexity index is 938. The highest BCUT2D eigenvalue weighted by Gasteiger charge is 2.30. The topological polar surface area (TPSA) is 51.0 Å². The minimum absolute atomic E-state index is 0.104. The average Bonchev–Trinajstić information content (AvgIpc) is 3.19. The second-order valence-corrected chi connectivity index (χ2v) is 7.38. The number of aromatic nitrogens is 3. The molecule has 5 nitrogen and oxygen atoms in total. The van der Waals surface area contributed by atoms with Crippen molar-refractivity contribution in [1.82, 2.24) is 14.8 Å². The van der Waals surface area contributed by atoms with E-state index < -0.39 is 0 Å². The van der Waals surface area contributed by atoms with Gasteiger partial charge in [-0.05, 0) is 44.0 Å². The third kappa shape index (κ3) is 3.01. The zero-order valence-electron chi connectivity index (χ0n) is 14.8. The lowest BCUT2D eigenvalue weighted by atomic mass is 10.1. The molecule has 1 amide bonds.